The average Bonchev–Trinajstić information content (AvgIpc) is 2.18. The van der Waals surface area contributed by atoms with Crippen LogP contribution in [0, 0.1) is 6.92 Å². The molecule has 1 unspecified atom stereocenters. The van der Waals surface area contributed by atoms with Gasteiger partial charge in [0.2, 0.25) is 0 Å². The minimum atomic E-state index is 0.251. The van der Waals surface area contributed by atoms with Crippen molar-refractivity contribution in [1.29, 1.82) is 0 Å². The van der Waals surface area contributed by atoms with Crippen LogP contribution in [-0.4, -0.2) is 12.6 Å². The van der Waals surface area contributed by atoms with Gasteiger partial charge in [0, 0.05) is 0 Å². The van der Waals surface area contributed by atoms with Gasteiger partial charge in [0.15, 0.2) is 0 Å². The lowest BCUT2D eigenvalue weighted by Gasteiger charge is -2.14. The van der Waals surface area contributed by atoms with Gasteiger partial charge in [0.1, 0.15) is 5.75 Å². The fourth-order valence-electron chi connectivity index (χ4n) is 1.31. The van der Waals surface area contributed by atoms with Crippen LogP contribution in [0.4, 0.5) is 0 Å². The number of benzene rings is 1. The van der Waals surface area contributed by atoms with Crippen LogP contribution in [0.1, 0.15) is 25.3 Å². The highest BCUT2D eigenvalue weighted by Crippen LogP contribution is 2.14. The molecule has 0 aromatic heterocycles. The van der Waals surface area contributed by atoms with Crippen molar-refractivity contribution in [3.05, 3.63) is 29.8 Å². The second-order valence-corrected chi connectivity index (χ2v) is 3.67. The molecule has 2 N–H and O–H groups in total. The lowest BCUT2D eigenvalue weighted by atomic mass is 10.2. The molecule has 1 aromatic carbocycles. The Morgan fingerprint density at radius 2 is 1.93 bits per heavy atom. The second kappa shape index (κ2) is 5.66. The molecule has 78 valence electrons. The lowest BCUT2D eigenvalue weighted by Crippen LogP contribution is -2.13. The molecule has 0 bridgehead atoms. The predicted molar refractivity (Wildman–Crippen MR) is 59.6 cm³/mol. The summed E-state index contributed by atoms with van der Waals surface area (Å²) >= 11 is 0. The van der Waals surface area contributed by atoms with E-state index in [0.717, 1.165) is 25.1 Å². The molecule has 0 saturated heterocycles. The third kappa shape index (κ3) is 3.79. The van der Waals surface area contributed by atoms with Crippen molar-refractivity contribution in [2.75, 3.05) is 6.54 Å². The molecule has 0 radical (unpaired) electrons. The maximum absolute atomic E-state index is 5.72. The Bertz CT molecular complexity index is 256. The van der Waals surface area contributed by atoms with Crippen LogP contribution >= 0.6 is 0 Å². The van der Waals surface area contributed by atoms with Gasteiger partial charge in [0.25, 0.3) is 0 Å². The molecule has 1 atom stereocenters. The first-order valence-corrected chi connectivity index (χ1v) is 5.16. The highest BCUT2D eigenvalue weighted by atomic mass is 16.5. The first kappa shape index (κ1) is 11.1. The van der Waals surface area contributed by atoms with Crippen LogP contribution in [0.5, 0.6) is 5.75 Å². The molecular weight excluding hydrogens is 174 g/mol. The summed E-state index contributed by atoms with van der Waals surface area (Å²) in [6, 6.07) is 8.14. The van der Waals surface area contributed by atoms with Crippen LogP contribution in [-0.2, 0) is 0 Å². The molecule has 2 heteroatoms. The van der Waals surface area contributed by atoms with Crippen molar-refractivity contribution in [3.63, 3.8) is 0 Å². The summed E-state index contributed by atoms with van der Waals surface area (Å²) in [5.74, 6) is 0.945. The van der Waals surface area contributed by atoms with Crippen LogP contribution < -0.4 is 10.5 Å². The van der Waals surface area contributed by atoms with Gasteiger partial charge in [-0.15, -0.1) is 0 Å². The van der Waals surface area contributed by atoms with Crippen molar-refractivity contribution in [2.45, 2.75) is 32.8 Å². The third-order valence-electron chi connectivity index (χ3n) is 2.17. The zero-order valence-electron chi connectivity index (χ0n) is 8.99. The molecular formula is C12H19NO. The zero-order valence-corrected chi connectivity index (χ0v) is 8.99. The molecule has 0 saturated carbocycles. The molecule has 0 aliphatic heterocycles. The van der Waals surface area contributed by atoms with Crippen LogP contribution in [0.25, 0.3) is 0 Å². The number of nitrogens with two attached hydrogens (primary N) is 1. The highest BCUT2D eigenvalue weighted by molar-refractivity contribution is 5.26. The number of hydrogen-bond acceptors (Lipinski definition) is 2. The Hall–Kier alpha value is -1.02. The van der Waals surface area contributed by atoms with E-state index >= 15 is 0 Å². The highest BCUT2D eigenvalue weighted by Gasteiger charge is 2.02. The van der Waals surface area contributed by atoms with E-state index in [1.54, 1.807) is 0 Å². The zero-order chi connectivity index (χ0) is 10.4. The fraction of sp³-hybridized carbons (Fsp3) is 0.500. The van der Waals surface area contributed by atoms with Gasteiger partial charge in [-0.3, -0.25) is 0 Å². The van der Waals surface area contributed by atoms with Crippen molar-refractivity contribution in [1.82, 2.24) is 0 Å². The van der Waals surface area contributed by atoms with Gasteiger partial charge in [0.05, 0.1) is 6.10 Å². The Kier molecular flexibility index (Phi) is 4.47. The lowest BCUT2D eigenvalue weighted by molar-refractivity contribution is 0.208. The van der Waals surface area contributed by atoms with Gasteiger partial charge in [-0.05, 0) is 45.4 Å². The van der Waals surface area contributed by atoms with Gasteiger partial charge >= 0.3 is 0 Å². The van der Waals surface area contributed by atoms with Crippen molar-refractivity contribution < 1.29 is 4.74 Å². The van der Waals surface area contributed by atoms with Gasteiger partial charge < -0.3 is 10.5 Å². The van der Waals surface area contributed by atoms with Crippen molar-refractivity contribution in [2.24, 2.45) is 5.73 Å². The third-order valence-corrected chi connectivity index (χ3v) is 2.17. The van der Waals surface area contributed by atoms with E-state index in [9.17, 15) is 0 Å². The van der Waals surface area contributed by atoms with Crippen molar-refractivity contribution in [3.8, 4) is 5.75 Å². The quantitative estimate of drug-likeness (QED) is 0.779. The maximum Gasteiger partial charge on any atom is 0.119 e. The molecule has 2 nitrogen and oxygen atoms in total. The molecule has 0 amide bonds. The molecule has 14 heavy (non-hydrogen) atoms. The number of hydrogen-bond donors (Lipinski definition) is 1. The topological polar surface area (TPSA) is 35.2 Å². The minimum absolute atomic E-state index is 0.251. The number of ether oxygens (including phenoxy) is 1. The Morgan fingerprint density at radius 1 is 1.29 bits per heavy atom. The van der Waals surface area contributed by atoms with Crippen molar-refractivity contribution >= 4 is 0 Å². The first-order valence-electron chi connectivity index (χ1n) is 5.16. The standard InChI is InChI=1S/C12H19NO/c1-10-5-7-12(8-6-10)14-11(2)4-3-9-13/h5-8,11H,3-4,9,13H2,1-2H3. The van der Waals surface area contributed by atoms with Crippen LogP contribution in [0.3, 0.4) is 0 Å². The monoisotopic (exact) mass is 193 g/mol. The van der Waals surface area contributed by atoms with E-state index in [2.05, 4.69) is 26.0 Å². The Morgan fingerprint density at radius 3 is 2.50 bits per heavy atom. The summed E-state index contributed by atoms with van der Waals surface area (Å²) in [6.07, 6.45) is 2.29. The summed E-state index contributed by atoms with van der Waals surface area (Å²) in [5, 5.41) is 0. The summed E-state index contributed by atoms with van der Waals surface area (Å²) in [4.78, 5) is 0. The smallest absolute Gasteiger partial charge is 0.119 e. The molecule has 0 aliphatic carbocycles. The van der Waals surface area contributed by atoms with E-state index in [1.165, 1.54) is 5.56 Å². The average molecular weight is 193 g/mol. The van der Waals surface area contributed by atoms with Crippen LogP contribution in [0.15, 0.2) is 24.3 Å². The molecule has 1 rings (SSSR count). The van der Waals surface area contributed by atoms with E-state index < -0.39 is 0 Å². The van der Waals surface area contributed by atoms with E-state index in [1.807, 2.05) is 12.1 Å². The summed E-state index contributed by atoms with van der Waals surface area (Å²) in [6.45, 7) is 4.89. The maximum atomic E-state index is 5.72. The fourth-order valence-corrected chi connectivity index (χ4v) is 1.31. The summed E-state index contributed by atoms with van der Waals surface area (Å²) < 4.78 is 5.72. The molecule has 0 heterocycles. The SMILES string of the molecule is Cc1ccc(OC(C)CCCN)cc1. The number of aryl methyl sites for hydroxylation is 1. The molecule has 0 spiro atoms. The van der Waals surface area contributed by atoms with E-state index in [-0.39, 0.29) is 6.10 Å². The Labute approximate surface area is 86.1 Å². The predicted octanol–water partition coefficient (Wildman–Crippen LogP) is 2.50. The van der Waals surface area contributed by atoms with E-state index in [4.69, 9.17) is 10.5 Å². The first-order chi connectivity index (χ1) is 6.72. The van der Waals surface area contributed by atoms with Gasteiger partial charge in [-0.2, -0.15) is 0 Å². The van der Waals surface area contributed by atoms with Crippen LogP contribution in [0.2, 0.25) is 0 Å². The second-order valence-electron chi connectivity index (χ2n) is 3.67. The van der Waals surface area contributed by atoms with E-state index in [0.29, 0.717) is 0 Å². The minimum Gasteiger partial charge on any atom is -0.491 e. The molecule has 0 aliphatic rings. The number of rotatable bonds is 5. The normalized spacial score (nSPS) is 12.5. The summed E-state index contributed by atoms with van der Waals surface area (Å²) in [7, 11) is 0. The summed E-state index contributed by atoms with van der Waals surface area (Å²) in [5.41, 5.74) is 6.69. The Balaban J connectivity index is 2.39. The largest absolute Gasteiger partial charge is 0.491 e. The van der Waals surface area contributed by atoms with Gasteiger partial charge in [-0.1, -0.05) is 17.7 Å². The van der Waals surface area contributed by atoms with Gasteiger partial charge in [-0.25, -0.2) is 0 Å². The molecule has 1 aromatic rings. The molecule has 0 fully saturated rings.